The Morgan fingerprint density at radius 1 is 1.22 bits per heavy atom. The second-order valence-electron chi connectivity index (χ2n) is 4.24. The van der Waals surface area contributed by atoms with Crippen molar-refractivity contribution in [3.05, 3.63) is 45.4 Å². The first-order valence-corrected chi connectivity index (χ1v) is 6.49. The van der Waals surface area contributed by atoms with Crippen LogP contribution in [0.4, 0.5) is 14.5 Å². The maximum atomic E-state index is 13.7. The lowest BCUT2D eigenvalue weighted by atomic mass is 10.2. The quantitative estimate of drug-likeness (QED) is 0.902. The number of hydrogen-bond donors (Lipinski definition) is 1. The molecule has 2 aromatic rings. The first kappa shape index (κ1) is 13.0. The normalized spacial score (nSPS) is 12.5. The molecule has 0 saturated heterocycles. The topological polar surface area (TPSA) is 24.9 Å². The van der Waals surface area contributed by atoms with Crippen molar-refractivity contribution in [3.63, 3.8) is 0 Å². The molecule has 0 spiro atoms. The lowest BCUT2D eigenvalue weighted by Crippen LogP contribution is -2.09. The van der Waals surface area contributed by atoms with Gasteiger partial charge < -0.3 is 5.32 Å². The lowest BCUT2D eigenvalue weighted by Gasteiger charge is -2.14. The highest BCUT2D eigenvalue weighted by atomic mass is 32.1. The largest absolute Gasteiger partial charge is 0.374 e. The molecule has 2 rings (SSSR count). The number of thiazole rings is 1. The third-order valence-corrected chi connectivity index (χ3v) is 3.49. The highest BCUT2D eigenvalue weighted by Crippen LogP contribution is 2.24. The SMILES string of the molecule is Cc1nc(C(C)Nc2cc(F)c(C)cc2F)cs1. The molecule has 0 amide bonds. The van der Waals surface area contributed by atoms with Gasteiger partial charge in [-0.3, -0.25) is 0 Å². The number of hydrogen-bond acceptors (Lipinski definition) is 3. The van der Waals surface area contributed by atoms with E-state index in [1.54, 1.807) is 0 Å². The summed E-state index contributed by atoms with van der Waals surface area (Å²) in [5.74, 6) is -0.867. The molecule has 1 atom stereocenters. The summed E-state index contributed by atoms with van der Waals surface area (Å²) in [7, 11) is 0. The van der Waals surface area contributed by atoms with Gasteiger partial charge in [0.2, 0.25) is 0 Å². The molecule has 2 nitrogen and oxygen atoms in total. The molecule has 0 aliphatic rings. The zero-order valence-corrected chi connectivity index (χ0v) is 11.2. The zero-order chi connectivity index (χ0) is 13.3. The van der Waals surface area contributed by atoms with Crippen molar-refractivity contribution in [2.45, 2.75) is 26.8 Å². The number of aromatic nitrogens is 1. The van der Waals surface area contributed by atoms with Crippen LogP contribution < -0.4 is 5.32 Å². The molecule has 96 valence electrons. The average molecular weight is 268 g/mol. The van der Waals surface area contributed by atoms with Gasteiger partial charge in [-0.05, 0) is 32.4 Å². The van der Waals surface area contributed by atoms with Crippen LogP contribution in [0.2, 0.25) is 0 Å². The summed E-state index contributed by atoms with van der Waals surface area (Å²) in [5.41, 5.74) is 1.30. The molecule has 1 heterocycles. The summed E-state index contributed by atoms with van der Waals surface area (Å²) in [6.45, 7) is 5.31. The average Bonchev–Trinajstić information content (AvgIpc) is 2.73. The van der Waals surface area contributed by atoms with Crippen LogP contribution in [0.3, 0.4) is 0 Å². The van der Waals surface area contributed by atoms with E-state index in [2.05, 4.69) is 10.3 Å². The van der Waals surface area contributed by atoms with Crippen molar-refractivity contribution in [2.75, 3.05) is 5.32 Å². The molecule has 0 aliphatic carbocycles. The van der Waals surface area contributed by atoms with E-state index in [-0.39, 0.29) is 11.7 Å². The van der Waals surface area contributed by atoms with Crippen LogP contribution in [0.5, 0.6) is 0 Å². The molecule has 1 unspecified atom stereocenters. The number of nitrogens with one attached hydrogen (secondary N) is 1. The summed E-state index contributed by atoms with van der Waals surface area (Å²) in [6.07, 6.45) is 0. The molecule has 0 bridgehead atoms. The molecule has 1 aromatic carbocycles. The Morgan fingerprint density at radius 3 is 2.56 bits per heavy atom. The molecule has 5 heteroatoms. The summed E-state index contributed by atoms with van der Waals surface area (Å²) >= 11 is 1.53. The number of anilines is 1. The Hall–Kier alpha value is -1.49. The van der Waals surface area contributed by atoms with Gasteiger partial charge in [0, 0.05) is 11.4 Å². The van der Waals surface area contributed by atoms with Crippen molar-refractivity contribution in [2.24, 2.45) is 0 Å². The number of halogens is 2. The fraction of sp³-hybridized carbons (Fsp3) is 0.308. The Kier molecular flexibility index (Phi) is 3.61. The minimum Gasteiger partial charge on any atom is -0.374 e. The van der Waals surface area contributed by atoms with Gasteiger partial charge in [0.25, 0.3) is 0 Å². The van der Waals surface area contributed by atoms with Crippen molar-refractivity contribution >= 4 is 17.0 Å². The van der Waals surface area contributed by atoms with E-state index in [1.807, 2.05) is 19.2 Å². The first-order valence-electron chi connectivity index (χ1n) is 5.61. The van der Waals surface area contributed by atoms with E-state index >= 15 is 0 Å². The van der Waals surface area contributed by atoms with Gasteiger partial charge in [0.15, 0.2) is 0 Å². The predicted octanol–water partition coefficient (Wildman–Crippen LogP) is 4.21. The maximum absolute atomic E-state index is 13.7. The summed E-state index contributed by atoms with van der Waals surface area (Å²) in [5, 5.41) is 5.80. The van der Waals surface area contributed by atoms with Crippen LogP contribution in [-0.2, 0) is 0 Å². The molecular formula is C13H14F2N2S. The van der Waals surface area contributed by atoms with E-state index in [4.69, 9.17) is 0 Å². The van der Waals surface area contributed by atoms with Crippen LogP contribution in [0.15, 0.2) is 17.5 Å². The molecule has 0 fully saturated rings. The van der Waals surface area contributed by atoms with Crippen LogP contribution in [0.25, 0.3) is 0 Å². The summed E-state index contributed by atoms with van der Waals surface area (Å²) < 4.78 is 27.1. The van der Waals surface area contributed by atoms with Gasteiger partial charge in [0.05, 0.1) is 22.4 Å². The Balaban J connectivity index is 2.21. The van der Waals surface area contributed by atoms with E-state index in [0.717, 1.165) is 10.7 Å². The van der Waals surface area contributed by atoms with Crippen LogP contribution in [-0.4, -0.2) is 4.98 Å². The highest BCUT2D eigenvalue weighted by Gasteiger charge is 2.13. The molecule has 1 N–H and O–H groups in total. The minimum absolute atomic E-state index is 0.161. The Morgan fingerprint density at radius 2 is 1.94 bits per heavy atom. The number of aryl methyl sites for hydroxylation is 2. The van der Waals surface area contributed by atoms with E-state index in [1.165, 1.54) is 30.4 Å². The second-order valence-corrected chi connectivity index (χ2v) is 5.30. The molecule has 1 aromatic heterocycles. The summed E-state index contributed by atoms with van der Waals surface area (Å²) in [6, 6.07) is 2.21. The Labute approximate surface area is 109 Å². The fourth-order valence-electron chi connectivity index (χ4n) is 1.64. The van der Waals surface area contributed by atoms with E-state index < -0.39 is 11.6 Å². The molecule has 0 aliphatic heterocycles. The number of rotatable bonds is 3. The predicted molar refractivity (Wildman–Crippen MR) is 70.0 cm³/mol. The smallest absolute Gasteiger partial charge is 0.146 e. The van der Waals surface area contributed by atoms with Crippen molar-refractivity contribution in [1.29, 1.82) is 0 Å². The van der Waals surface area contributed by atoms with Crippen LogP contribution in [0, 0.1) is 25.5 Å². The van der Waals surface area contributed by atoms with E-state index in [9.17, 15) is 8.78 Å². The van der Waals surface area contributed by atoms with Crippen molar-refractivity contribution in [3.8, 4) is 0 Å². The minimum atomic E-state index is -0.451. The van der Waals surface area contributed by atoms with Gasteiger partial charge in [0.1, 0.15) is 11.6 Å². The van der Waals surface area contributed by atoms with Crippen LogP contribution in [0.1, 0.15) is 29.2 Å². The third kappa shape index (κ3) is 2.67. The molecule has 0 saturated carbocycles. The monoisotopic (exact) mass is 268 g/mol. The first-order chi connectivity index (χ1) is 8.47. The Bertz CT molecular complexity index is 566. The highest BCUT2D eigenvalue weighted by molar-refractivity contribution is 7.09. The zero-order valence-electron chi connectivity index (χ0n) is 10.4. The van der Waals surface area contributed by atoms with Gasteiger partial charge in [-0.15, -0.1) is 11.3 Å². The van der Waals surface area contributed by atoms with Crippen molar-refractivity contribution in [1.82, 2.24) is 4.98 Å². The third-order valence-electron chi connectivity index (χ3n) is 2.70. The number of nitrogens with zero attached hydrogens (tertiary/aromatic N) is 1. The van der Waals surface area contributed by atoms with Crippen LogP contribution >= 0.6 is 11.3 Å². The van der Waals surface area contributed by atoms with Crippen molar-refractivity contribution < 1.29 is 8.78 Å². The molecule has 18 heavy (non-hydrogen) atoms. The van der Waals surface area contributed by atoms with Gasteiger partial charge in [-0.25, -0.2) is 13.8 Å². The number of benzene rings is 1. The maximum Gasteiger partial charge on any atom is 0.146 e. The van der Waals surface area contributed by atoms with Gasteiger partial charge >= 0.3 is 0 Å². The summed E-state index contributed by atoms with van der Waals surface area (Å²) in [4.78, 5) is 4.32. The second kappa shape index (κ2) is 5.02. The van der Waals surface area contributed by atoms with Gasteiger partial charge in [-0.2, -0.15) is 0 Å². The molecule has 0 radical (unpaired) electrons. The molecular weight excluding hydrogens is 254 g/mol. The fourth-order valence-corrected chi connectivity index (χ4v) is 2.35. The van der Waals surface area contributed by atoms with E-state index in [0.29, 0.717) is 5.56 Å². The van der Waals surface area contributed by atoms with Gasteiger partial charge in [-0.1, -0.05) is 0 Å². The standard InChI is InChI=1S/C13H14F2N2S/c1-7-4-11(15)12(5-10(7)14)16-8(2)13-6-18-9(3)17-13/h4-6,8,16H,1-3H3. The lowest BCUT2D eigenvalue weighted by molar-refractivity contribution is 0.592.